The van der Waals surface area contributed by atoms with Crippen molar-refractivity contribution < 1.29 is 9.90 Å². The fourth-order valence-corrected chi connectivity index (χ4v) is 2.17. The van der Waals surface area contributed by atoms with Gasteiger partial charge in [0.2, 0.25) is 5.91 Å². The van der Waals surface area contributed by atoms with Crippen molar-refractivity contribution >= 4 is 11.6 Å². The van der Waals surface area contributed by atoms with E-state index in [2.05, 4.69) is 4.90 Å². The minimum atomic E-state index is -0.224. The predicted molar refractivity (Wildman–Crippen MR) is 65.1 cm³/mol. The molecule has 1 saturated heterocycles. The maximum absolute atomic E-state index is 11.0. The number of primary amides is 1. The van der Waals surface area contributed by atoms with Gasteiger partial charge in [-0.15, -0.1) is 0 Å². The lowest BCUT2D eigenvalue weighted by Gasteiger charge is -2.15. The van der Waals surface area contributed by atoms with Crippen LogP contribution in [0.4, 0.5) is 5.69 Å². The number of nitrogens with zero attached hydrogens (tertiary/aromatic N) is 1. The molecule has 1 fully saturated rings. The van der Waals surface area contributed by atoms with Crippen LogP contribution in [-0.4, -0.2) is 29.0 Å². The normalized spacial score (nSPS) is 20.6. The maximum Gasteiger partial charge on any atom is 0.221 e. The molecule has 1 amide bonds. The minimum absolute atomic E-state index is 0.0375. The lowest BCUT2D eigenvalue weighted by molar-refractivity contribution is -0.121. The molecule has 92 valence electrons. The Morgan fingerprint density at radius 1 is 1.53 bits per heavy atom. The zero-order chi connectivity index (χ0) is 12.4. The van der Waals surface area contributed by atoms with Crippen molar-refractivity contribution in [3.63, 3.8) is 0 Å². The summed E-state index contributed by atoms with van der Waals surface area (Å²) in [5.74, 6) is -0.160. The number of hydrogen-bond acceptors (Lipinski definition) is 4. The molecule has 1 aromatic rings. The van der Waals surface area contributed by atoms with E-state index >= 15 is 0 Å². The number of anilines is 1. The smallest absolute Gasteiger partial charge is 0.221 e. The molecule has 1 aliphatic rings. The SMILES string of the molecule is NC(=O)C1CCN(Cc2ccc(O)c(N)c2)C1. The molecule has 5 nitrogen and oxygen atoms in total. The summed E-state index contributed by atoms with van der Waals surface area (Å²) in [6, 6.07) is 5.18. The lowest BCUT2D eigenvalue weighted by atomic mass is 10.1. The van der Waals surface area contributed by atoms with Crippen LogP contribution in [0.2, 0.25) is 0 Å². The Morgan fingerprint density at radius 3 is 2.88 bits per heavy atom. The van der Waals surface area contributed by atoms with Crippen LogP contribution >= 0.6 is 0 Å². The fraction of sp³-hybridized carbons (Fsp3) is 0.417. The minimum Gasteiger partial charge on any atom is -0.506 e. The number of nitrogens with two attached hydrogens (primary N) is 2. The highest BCUT2D eigenvalue weighted by molar-refractivity contribution is 5.77. The molecule has 1 atom stereocenters. The summed E-state index contributed by atoms with van der Waals surface area (Å²) in [5, 5.41) is 9.32. The average Bonchev–Trinajstić information content (AvgIpc) is 2.72. The van der Waals surface area contributed by atoms with Crippen molar-refractivity contribution in [2.45, 2.75) is 13.0 Å². The second-order valence-electron chi connectivity index (χ2n) is 4.52. The highest BCUT2D eigenvalue weighted by Crippen LogP contribution is 2.23. The number of phenolic OH excluding ortho intramolecular Hbond substituents is 1. The first-order valence-corrected chi connectivity index (χ1v) is 5.65. The van der Waals surface area contributed by atoms with Crippen molar-refractivity contribution in [1.82, 2.24) is 4.90 Å². The van der Waals surface area contributed by atoms with E-state index in [0.717, 1.165) is 25.1 Å². The topological polar surface area (TPSA) is 92.6 Å². The molecular formula is C12H17N3O2. The summed E-state index contributed by atoms with van der Waals surface area (Å²) in [6.07, 6.45) is 0.822. The van der Waals surface area contributed by atoms with Gasteiger partial charge in [-0.2, -0.15) is 0 Å². The molecule has 0 saturated carbocycles. The number of rotatable bonds is 3. The van der Waals surface area contributed by atoms with E-state index in [9.17, 15) is 9.90 Å². The number of phenols is 1. The highest BCUT2D eigenvalue weighted by Gasteiger charge is 2.26. The van der Waals surface area contributed by atoms with Gasteiger partial charge in [0.25, 0.3) is 0 Å². The molecule has 1 aliphatic heterocycles. The van der Waals surface area contributed by atoms with E-state index in [0.29, 0.717) is 12.2 Å². The Bertz CT molecular complexity index is 434. The number of hydrogen-bond donors (Lipinski definition) is 3. The average molecular weight is 235 g/mol. The molecule has 1 heterocycles. The van der Waals surface area contributed by atoms with E-state index in [1.807, 2.05) is 6.07 Å². The van der Waals surface area contributed by atoms with E-state index in [4.69, 9.17) is 11.5 Å². The third kappa shape index (κ3) is 2.68. The van der Waals surface area contributed by atoms with Crippen LogP contribution in [0.25, 0.3) is 0 Å². The molecule has 1 aromatic carbocycles. The van der Waals surface area contributed by atoms with Crippen molar-refractivity contribution in [3.8, 4) is 5.75 Å². The van der Waals surface area contributed by atoms with Crippen molar-refractivity contribution in [3.05, 3.63) is 23.8 Å². The van der Waals surface area contributed by atoms with Gasteiger partial charge in [0.15, 0.2) is 0 Å². The van der Waals surface area contributed by atoms with Gasteiger partial charge in [0.05, 0.1) is 11.6 Å². The first kappa shape index (κ1) is 11.7. The van der Waals surface area contributed by atoms with Gasteiger partial charge in [-0.3, -0.25) is 9.69 Å². The van der Waals surface area contributed by atoms with Crippen molar-refractivity contribution in [1.29, 1.82) is 0 Å². The van der Waals surface area contributed by atoms with Crippen molar-refractivity contribution in [2.75, 3.05) is 18.8 Å². The molecule has 0 bridgehead atoms. The molecule has 0 radical (unpaired) electrons. The van der Waals surface area contributed by atoms with Gasteiger partial charge >= 0.3 is 0 Å². The summed E-state index contributed by atoms with van der Waals surface area (Å²) in [6.45, 7) is 2.30. The summed E-state index contributed by atoms with van der Waals surface area (Å²) < 4.78 is 0. The van der Waals surface area contributed by atoms with Gasteiger partial charge < -0.3 is 16.6 Å². The zero-order valence-electron chi connectivity index (χ0n) is 9.60. The zero-order valence-corrected chi connectivity index (χ0v) is 9.60. The van der Waals surface area contributed by atoms with Gasteiger partial charge in [0.1, 0.15) is 5.75 Å². The first-order valence-electron chi connectivity index (χ1n) is 5.65. The van der Waals surface area contributed by atoms with E-state index < -0.39 is 0 Å². The second-order valence-corrected chi connectivity index (χ2v) is 4.52. The van der Waals surface area contributed by atoms with Crippen molar-refractivity contribution in [2.24, 2.45) is 11.7 Å². The summed E-state index contributed by atoms with van der Waals surface area (Å²) >= 11 is 0. The molecule has 2 rings (SSSR count). The lowest BCUT2D eigenvalue weighted by Crippen LogP contribution is -2.27. The number of nitrogen functional groups attached to an aromatic ring is 1. The van der Waals surface area contributed by atoms with Crippen LogP contribution in [0.1, 0.15) is 12.0 Å². The standard InChI is InChI=1S/C12H17N3O2/c13-10-5-8(1-2-11(10)16)6-15-4-3-9(7-15)12(14)17/h1-2,5,9,16H,3-4,6-7,13H2,(H2,14,17). The van der Waals surface area contributed by atoms with Gasteiger partial charge in [-0.25, -0.2) is 0 Å². The Kier molecular flexibility index (Phi) is 3.19. The van der Waals surface area contributed by atoms with Gasteiger partial charge in [-0.1, -0.05) is 6.07 Å². The number of likely N-dealkylation sites (tertiary alicyclic amines) is 1. The first-order chi connectivity index (χ1) is 8.06. The molecular weight excluding hydrogens is 218 g/mol. The maximum atomic E-state index is 11.0. The largest absolute Gasteiger partial charge is 0.506 e. The molecule has 17 heavy (non-hydrogen) atoms. The van der Waals surface area contributed by atoms with Crippen LogP contribution in [0.3, 0.4) is 0 Å². The third-order valence-corrected chi connectivity index (χ3v) is 3.17. The monoisotopic (exact) mass is 235 g/mol. The Labute approximate surface area is 100 Å². The molecule has 5 heteroatoms. The quantitative estimate of drug-likeness (QED) is 0.518. The van der Waals surface area contributed by atoms with E-state index in [1.54, 1.807) is 12.1 Å². The summed E-state index contributed by atoms with van der Waals surface area (Å²) in [5.41, 5.74) is 12.3. The van der Waals surface area contributed by atoms with Crippen LogP contribution in [0.15, 0.2) is 18.2 Å². The molecule has 5 N–H and O–H groups in total. The molecule has 0 spiro atoms. The molecule has 0 aromatic heterocycles. The van der Waals surface area contributed by atoms with Gasteiger partial charge in [-0.05, 0) is 30.7 Å². The Morgan fingerprint density at radius 2 is 2.29 bits per heavy atom. The Hall–Kier alpha value is -1.75. The fourth-order valence-electron chi connectivity index (χ4n) is 2.17. The van der Waals surface area contributed by atoms with E-state index in [-0.39, 0.29) is 17.6 Å². The number of benzene rings is 1. The van der Waals surface area contributed by atoms with Crippen LogP contribution in [0, 0.1) is 5.92 Å². The Balaban J connectivity index is 1.98. The third-order valence-electron chi connectivity index (χ3n) is 3.17. The number of carbonyl (C=O) groups excluding carboxylic acids is 1. The van der Waals surface area contributed by atoms with Crippen LogP contribution in [-0.2, 0) is 11.3 Å². The predicted octanol–water partition coefficient (Wildman–Crippen LogP) is 0.282. The highest BCUT2D eigenvalue weighted by atomic mass is 16.3. The van der Waals surface area contributed by atoms with Crippen LogP contribution in [0.5, 0.6) is 5.75 Å². The number of carbonyl (C=O) groups is 1. The summed E-state index contributed by atoms with van der Waals surface area (Å²) in [4.78, 5) is 13.2. The number of aromatic hydroxyl groups is 1. The van der Waals surface area contributed by atoms with Gasteiger partial charge in [0, 0.05) is 13.1 Å². The van der Waals surface area contributed by atoms with Crippen LogP contribution < -0.4 is 11.5 Å². The molecule has 0 aliphatic carbocycles. The molecule has 1 unspecified atom stereocenters. The number of amides is 1. The summed E-state index contributed by atoms with van der Waals surface area (Å²) in [7, 11) is 0. The van der Waals surface area contributed by atoms with E-state index in [1.165, 1.54) is 0 Å². The second kappa shape index (κ2) is 4.63.